The number of carbonyl (C=O) groups excluding carboxylic acids is 3. The van der Waals surface area contributed by atoms with Crippen LogP contribution < -0.4 is 9.47 Å². The van der Waals surface area contributed by atoms with Gasteiger partial charge in [0.05, 0.1) is 39.6 Å². The van der Waals surface area contributed by atoms with Crippen LogP contribution in [0.4, 0.5) is 18.4 Å². The van der Waals surface area contributed by atoms with Crippen molar-refractivity contribution in [2.24, 2.45) is 5.41 Å². The van der Waals surface area contributed by atoms with E-state index in [1.807, 2.05) is 36.1 Å². The summed E-state index contributed by atoms with van der Waals surface area (Å²) in [6.45, 7) is 2.88. The number of pyridine rings is 1. The molecule has 2 amide bonds. The largest absolute Gasteiger partial charge is 0.508 e. The summed E-state index contributed by atoms with van der Waals surface area (Å²) in [6.07, 6.45) is 3.21. The summed E-state index contributed by atoms with van der Waals surface area (Å²) in [6, 6.07) is 11.4. The number of hydrogen-bond donors (Lipinski definition) is 0. The molecule has 1 aromatic heterocycles. The number of benzene rings is 2. The van der Waals surface area contributed by atoms with Crippen LogP contribution in [0.5, 0.6) is 11.6 Å². The number of carbonyl (C=O) groups is 3. The van der Waals surface area contributed by atoms with E-state index in [1.165, 1.54) is 4.90 Å². The molecule has 2 heterocycles. The van der Waals surface area contributed by atoms with Crippen LogP contribution in [0.3, 0.4) is 0 Å². The Morgan fingerprint density at radius 3 is 2.16 bits per heavy atom. The first-order chi connectivity index (χ1) is 33.7. The van der Waals surface area contributed by atoms with Crippen LogP contribution in [0, 0.1) is 44.2 Å². The third kappa shape index (κ3) is 15.2. The molecule has 2 aromatic carbocycles. The van der Waals surface area contributed by atoms with Crippen molar-refractivity contribution >= 4 is 35.3 Å². The maximum atomic E-state index is 15.2. The minimum atomic E-state index is -0.966. The zero-order chi connectivity index (χ0) is 50.2. The lowest BCUT2D eigenvalue weighted by atomic mass is 9.81. The molecule has 24 heteroatoms. The van der Waals surface area contributed by atoms with E-state index in [-0.39, 0.29) is 103 Å². The molecule has 2 aliphatic carbocycles. The second kappa shape index (κ2) is 25.3. The third-order valence-corrected chi connectivity index (χ3v) is 11.9. The Labute approximate surface area is 406 Å². The van der Waals surface area contributed by atoms with E-state index >= 15 is 4.79 Å². The minimum absolute atomic E-state index is 0.0256. The van der Waals surface area contributed by atoms with Gasteiger partial charge >= 0.3 is 12.2 Å². The fourth-order valence-electron chi connectivity index (χ4n) is 7.78. The van der Waals surface area contributed by atoms with Crippen molar-refractivity contribution in [2.75, 3.05) is 79.2 Å². The van der Waals surface area contributed by atoms with Gasteiger partial charge in [0, 0.05) is 41.9 Å². The zero-order valence-electron chi connectivity index (χ0n) is 38.6. The summed E-state index contributed by atoms with van der Waals surface area (Å²) >= 11 is 5.92. The van der Waals surface area contributed by atoms with E-state index < -0.39 is 50.6 Å². The Kier molecular flexibility index (Phi) is 19.1. The highest BCUT2D eigenvalue weighted by molar-refractivity contribution is 6.32. The van der Waals surface area contributed by atoms with Gasteiger partial charge in [0.25, 0.3) is 16.1 Å². The van der Waals surface area contributed by atoms with E-state index in [0.717, 1.165) is 47.2 Å². The van der Waals surface area contributed by atoms with Gasteiger partial charge in [0.15, 0.2) is 11.6 Å². The van der Waals surface area contributed by atoms with Crippen LogP contribution in [0.1, 0.15) is 61.3 Å². The fourth-order valence-corrected chi connectivity index (χ4v) is 7.99. The number of ether oxygens (including phenoxy) is 7. The molecule has 1 atom stereocenters. The maximum absolute atomic E-state index is 15.2. The lowest BCUT2D eigenvalue weighted by Crippen LogP contribution is -2.46. The molecule has 1 spiro atoms. The molecule has 0 saturated heterocycles. The first-order valence-corrected chi connectivity index (χ1v) is 23.0. The van der Waals surface area contributed by atoms with Gasteiger partial charge in [-0.1, -0.05) is 35.9 Å². The quantitative estimate of drug-likeness (QED) is 0.0237. The molecule has 70 heavy (non-hydrogen) atoms. The van der Waals surface area contributed by atoms with Crippen molar-refractivity contribution in [2.45, 2.75) is 71.1 Å². The predicted molar refractivity (Wildman–Crippen MR) is 241 cm³/mol. The molecule has 380 valence electrons. The molecule has 6 rings (SSSR count). The van der Waals surface area contributed by atoms with Gasteiger partial charge in [-0.3, -0.25) is 4.79 Å². The van der Waals surface area contributed by atoms with Crippen LogP contribution in [0.2, 0.25) is 5.02 Å². The maximum Gasteiger partial charge on any atom is 0.508 e. The number of aromatic nitrogens is 1. The van der Waals surface area contributed by atoms with Crippen molar-refractivity contribution in [3.8, 4) is 11.6 Å². The van der Waals surface area contributed by atoms with E-state index in [9.17, 15) is 38.6 Å². The Morgan fingerprint density at radius 2 is 1.51 bits per heavy atom. The average molecular weight is 1010 g/mol. The van der Waals surface area contributed by atoms with Gasteiger partial charge < -0.3 is 52.6 Å². The highest BCUT2D eigenvalue weighted by Crippen LogP contribution is 2.59. The lowest BCUT2D eigenvalue weighted by molar-refractivity contribution is -0.758. The Hall–Kier alpha value is -6.59. The number of hydrogen-bond acceptors (Lipinski definition) is 17. The van der Waals surface area contributed by atoms with E-state index in [4.69, 9.17) is 44.8 Å². The molecular formula is C46H54ClF2N5O16. The number of rotatable bonds is 28. The summed E-state index contributed by atoms with van der Waals surface area (Å²) in [7, 11) is 0. The SMILES string of the molecule is Cc1c(CN(C(=O)C2=C(c3ccc(CCCOc4c(F)ccc(F)c4Cl)cc3)C3(CC3)CN(C(=O)OCCOCCO[N+](=O)[O-])C2)C2CC2)ccnc1OCC(C)OC(=O)OCCOCCO[N+](=O)[O-]. The molecule has 0 N–H and O–H groups in total. The molecule has 0 bridgehead atoms. The summed E-state index contributed by atoms with van der Waals surface area (Å²) in [5.41, 5.74) is 3.97. The molecule has 3 aliphatic rings. The fraction of sp³-hybridized carbons (Fsp3) is 0.522. The highest BCUT2D eigenvalue weighted by Gasteiger charge is 2.54. The van der Waals surface area contributed by atoms with E-state index in [1.54, 1.807) is 19.2 Å². The van der Waals surface area contributed by atoms with Crippen molar-refractivity contribution in [3.05, 3.63) is 113 Å². The Bertz CT molecular complexity index is 2350. The van der Waals surface area contributed by atoms with Crippen LogP contribution >= 0.6 is 11.6 Å². The number of amides is 2. The van der Waals surface area contributed by atoms with Gasteiger partial charge in [-0.15, -0.1) is 20.2 Å². The minimum Gasteiger partial charge on any atom is -0.489 e. The molecule has 1 aliphatic heterocycles. The summed E-state index contributed by atoms with van der Waals surface area (Å²) < 4.78 is 65.8. The van der Waals surface area contributed by atoms with Crippen molar-refractivity contribution in [1.29, 1.82) is 0 Å². The first kappa shape index (κ1) is 52.8. The second-order valence-corrected chi connectivity index (χ2v) is 17.0. The highest BCUT2D eigenvalue weighted by atomic mass is 35.5. The molecule has 3 aromatic rings. The molecule has 1 unspecified atom stereocenters. The second-order valence-electron chi connectivity index (χ2n) is 16.7. The van der Waals surface area contributed by atoms with Gasteiger partial charge in [0.2, 0.25) is 5.88 Å². The standard InChI is InChI=1S/C46H54ClF2N5O16/c1-30(70-45(57)66-23-19-63-21-25-69-54(60)61)28-67-42-31(2)34(13-16-50-42)26-52(35-9-10-35)43(55)36-27-51(44(56)65-22-18-62-20-24-68-53(58)59)29-46(14-15-46)39(36)33-7-5-32(6-8-33)4-3-17-64-41-38(49)12-11-37(48)40(41)47/h5-8,11-13,16,30,35H,3-4,9-10,14-15,17-29H2,1-2H3. The van der Waals surface area contributed by atoms with Gasteiger partial charge in [0.1, 0.15) is 50.0 Å². The molecule has 0 radical (unpaired) electrons. The van der Waals surface area contributed by atoms with Gasteiger partial charge in [-0.25, -0.2) is 23.4 Å². The molecular weight excluding hydrogens is 952 g/mol. The zero-order valence-corrected chi connectivity index (χ0v) is 39.4. The monoisotopic (exact) mass is 1010 g/mol. The Balaban J connectivity index is 1.14. The average Bonchev–Trinajstić information content (AvgIpc) is 4.29. The summed E-state index contributed by atoms with van der Waals surface area (Å²) in [5, 5.41) is 18.3. The summed E-state index contributed by atoms with van der Waals surface area (Å²) in [5.74, 6) is -1.85. The van der Waals surface area contributed by atoms with Crippen molar-refractivity contribution in [3.63, 3.8) is 0 Å². The number of nitrogens with zero attached hydrogens (tertiary/aromatic N) is 5. The first-order valence-electron chi connectivity index (χ1n) is 22.6. The van der Waals surface area contributed by atoms with Crippen molar-refractivity contribution < 1.29 is 76.2 Å². The molecule has 2 fully saturated rings. The normalized spacial score (nSPS) is 15.2. The van der Waals surface area contributed by atoms with Crippen molar-refractivity contribution in [1.82, 2.24) is 14.8 Å². The lowest BCUT2D eigenvalue weighted by Gasteiger charge is -2.38. The van der Waals surface area contributed by atoms with E-state index in [0.29, 0.717) is 43.4 Å². The van der Waals surface area contributed by atoms with Gasteiger partial charge in [-0.05, 0) is 92.8 Å². The number of halogens is 3. The smallest absolute Gasteiger partial charge is 0.489 e. The topological polar surface area (TPSA) is 240 Å². The van der Waals surface area contributed by atoms with Crippen LogP contribution in [-0.2, 0) is 51.1 Å². The van der Waals surface area contributed by atoms with Crippen LogP contribution in [-0.4, -0.2) is 134 Å². The summed E-state index contributed by atoms with van der Waals surface area (Å²) in [4.78, 5) is 77.7. The van der Waals surface area contributed by atoms with Crippen LogP contribution in [0.15, 0.2) is 54.2 Å². The third-order valence-electron chi connectivity index (χ3n) is 11.5. The number of aryl methyl sites for hydroxylation is 1. The van der Waals surface area contributed by atoms with E-state index in [2.05, 4.69) is 14.7 Å². The van der Waals surface area contributed by atoms with Gasteiger partial charge in [-0.2, -0.15) is 0 Å². The molecule has 21 nitrogen and oxygen atoms in total. The molecule has 2 saturated carbocycles. The Morgan fingerprint density at radius 1 is 0.871 bits per heavy atom. The predicted octanol–water partition coefficient (Wildman–Crippen LogP) is 6.88. The van der Waals surface area contributed by atoms with Crippen LogP contribution in [0.25, 0.3) is 5.57 Å².